The van der Waals surface area contributed by atoms with Crippen molar-refractivity contribution in [2.45, 2.75) is 38.7 Å². The lowest BCUT2D eigenvalue weighted by molar-refractivity contribution is -0.136. The third kappa shape index (κ3) is 4.01. The van der Waals surface area contributed by atoms with Crippen LogP contribution in [0.2, 0.25) is 10.0 Å². The summed E-state index contributed by atoms with van der Waals surface area (Å²) in [6.07, 6.45) is 1.51. The molecule has 4 rings (SSSR count). The maximum absolute atomic E-state index is 12.9. The fraction of sp³-hybridized carbons (Fsp3) is 0.391. The smallest absolute Gasteiger partial charge is 0.260 e. The lowest BCUT2D eigenvalue weighted by atomic mass is 9.81. The minimum Gasteiger partial charge on any atom is -0.486 e. The van der Waals surface area contributed by atoms with Crippen LogP contribution in [0, 0.1) is 13.8 Å². The number of benzene rings is 2. The number of amides is 1. The molecule has 2 aliphatic heterocycles. The molecule has 0 saturated carbocycles. The quantitative estimate of drug-likeness (QED) is 0.662. The molecule has 2 aliphatic rings. The maximum atomic E-state index is 12.9. The molecule has 2 aromatic carbocycles. The van der Waals surface area contributed by atoms with Gasteiger partial charge in [0, 0.05) is 36.0 Å². The predicted octanol–water partition coefficient (Wildman–Crippen LogP) is 5.02. The van der Waals surface area contributed by atoms with E-state index in [1.54, 1.807) is 29.2 Å². The molecule has 0 radical (unpaired) electrons. The second-order valence-corrected chi connectivity index (χ2v) is 8.83. The molecule has 0 aliphatic carbocycles. The van der Waals surface area contributed by atoms with E-state index in [-0.39, 0.29) is 18.3 Å². The second-order valence-electron chi connectivity index (χ2n) is 8.01. The van der Waals surface area contributed by atoms with Gasteiger partial charge >= 0.3 is 0 Å². The maximum Gasteiger partial charge on any atom is 0.260 e. The SMILES string of the molecule is Cc1cc2c(c(C)c1Cl)C(=O)CC1(CCN(C(=O)COc3ccc(Cl)cc3)CC1)O2. The van der Waals surface area contributed by atoms with Crippen molar-refractivity contribution in [2.75, 3.05) is 19.7 Å². The van der Waals surface area contributed by atoms with Gasteiger partial charge in [-0.15, -0.1) is 0 Å². The molecule has 30 heavy (non-hydrogen) atoms. The van der Waals surface area contributed by atoms with E-state index in [4.69, 9.17) is 32.7 Å². The van der Waals surface area contributed by atoms with Gasteiger partial charge < -0.3 is 14.4 Å². The molecule has 1 amide bonds. The van der Waals surface area contributed by atoms with Crippen molar-refractivity contribution in [2.24, 2.45) is 0 Å². The van der Waals surface area contributed by atoms with Crippen LogP contribution in [0.3, 0.4) is 0 Å². The summed E-state index contributed by atoms with van der Waals surface area (Å²) in [6, 6.07) is 8.75. The number of rotatable bonds is 3. The number of halogens is 2. The lowest BCUT2D eigenvalue weighted by Gasteiger charge is -2.44. The number of likely N-dealkylation sites (tertiary alicyclic amines) is 1. The number of Topliss-reactive ketones (excluding diaryl/α,β-unsaturated/α-hetero) is 1. The number of carbonyl (C=O) groups excluding carboxylic acids is 2. The van der Waals surface area contributed by atoms with Crippen molar-refractivity contribution in [1.82, 2.24) is 4.90 Å². The summed E-state index contributed by atoms with van der Waals surface area (Å²) in [6.45, 7) is 4.78. The van der Waals surface area contributed by atoms with Gasteiger partial charge in [0.2, 0.25) is 0 Å². The Kier molecular flexibility index (Phi) is 5.69. The highest BCUT2D eigenvalue weighted by Gasteiger charge is 2.44. The first-order valence-corrected chi connectivity index (χ1v) is 10.7. The topological polar surface area (TPSA) is 55.8 Å². The fourth-order valence-electron chi connectivity index (χ4n) is 4.21. The largest absolute Gasteiger partial charge is 0.486 e. The normalized spacial score (nSPS) is 17.5. The zero-order valence-electron chi connectivity index (χ0n) is 17.0. The van der Waals surface area contributed by atoms with Crippen LogP contribution in [0.25, 0.3) is 0 Å². The molecule has 1 spiro atoms. The van der Waals surface area contributed by atoms with E-state index in [0.29, 0.717) is 59.5 Å². The van der Waals surface area contributed by atoms with Crippen molar-refractivity contribution in [3.63, 3.8) is 0 Å². The standard InChI is InChI=1S/C23H23Cl2NO4/c1-14-11-19-21(15(2)22(14)25)18(27)12-23(30-19)7-9-26(10-8-23)20(28)13-29-17-5-3-16(24)4-6-17/h3-6,11H,7-10,12-13H2,1-2H3. The molecule has 5 nitrogen and oxygen atoms in total. The molecule has 1 saturated heterocycles. The number of carbonyl (C=O) groups is 2. The van der Waals surface area contributed by atoms with Crippen LogP contribution in [0.4, 0.5) is 0 Å². The van der Waals surface area contributed by atoms with E-state index in [2.05, 4.69) is 0 Å². The molecule has 0 bridgehead atoms. The van der Waals surface area contributed by atoms with Crippen LogP contribution in [-0.4, -0.2) is 41.9 Å². The molecule has 7 heteroatoms. The Labute approximate surface area is 185 Å². The number of nitrogens with zero attached hydrogens (tertiary/aromatic N) is 1. The summed E-state index contributed by atoms with van der Waals surface area (Å²) < 4.78 is 11.9. The number of aryl methyl sites for hydroxylation is 1. The number of ketones is 1. The van der Waals surface area contributed by atoms with Crippen molar-refractivity contribution >= 4 is 34.9 Å². The first-order chi connectivity index (χ1) is 14.3. The van der Waals surface area contributed by atoms with Crippen LogP contribution in [0.5, 0.6) is 11.5 Å². The van der Waals surface area contributed by atoms with E-state index in [9.17, 15) is 9.59 Å². The lowest BCUT2D eigenvalue weighted by Crippen LogP contribution is -2.53. The summed E-state index contributed by atoms with van der Waals surface area (Å²) >= 11 is 12.2. The average Bonchev–Trinajstić information content (AvgIpc) is 2.71. The molecule has 0 unspecified atom stereocenters. The Morgan fingerprint density at radius 3 is 2.50 bits per heavy atom. The Hall–Kier alpha value is -2.24. The Bertz CT molecular complexity index is 995. The fourth-order valence-corrected chi connectivity index (χ4v) is 4.48. The number of fused-ring (bicyclic) bond motifs is 1. The molecular weight excluding hydrogens is 425 g/mol. The summed E-state index contributed by atoms with van der Waals surface area (Å²) in [5.41, 5.74) is 1.69. The van der Waals surface area contributed by atoms with Gasteiger partial charge in [0.25, 0.3) is 5.91 Å². The van der Waals surface area contributed by atoms with Crippen LogP contribution < -0.4 is 9.47 Å². The highest BCUT2D eigenvalue weighted by molar-refractivity contribution is 6.32. The van der Waals surface area contributed by atoms with E-state index in [1.807, 2.05) is 19.9 Å². The van der Waals surface area contributed by atoms with Gasteiger partial charge in [0.05, 0.1) is 12.0 Å². The Balaban J connectivity index is 1.40. The van der Waals surface area contributed by atoms with E-state index in [1.165, 1.54) is 0 Å². The minimum atomic E-state index is -0.565. The molecule has 0 atom stereocenters. The summed E-state index contributed by atoms with van der Waals surface area (Å²) in [5.74, 6) is 1.18. The van der Waals surface area contributed by atoms with Gasteiger partial charge in [-0.2, -0.15) is 0 Å². The summed E-state index contributed by atoms with van der Waals surface area (Å²) in [4.78, 5) is 27.2. The number of piperidine rings is 1. The third-order valence-electron chi connectivity index (χ3n) is 5.94. The Morgan fingerprint density at radius 1 is 1.17 bits per heavy atom. The van der Waals surface area contributed by atoms with Crippen molar-refractivity contribution in [3.8, 4) is 11.5 Å². The van der Waals surface area contributed by atoms with Crippen molar-refractivity contribution in [1.29, 1.82) is 0 Å². The highest BCUT2D eigenvalue weighted by atomic mass is 35.5. The molecular formula is C23H23Cl2NO4. The monoisotopic (exact) mass is 447 g/mol. The molecule has 158 valence electrons. The predicted molar refractivity (Wildman–Crippen MR) is 116 cm³/mol. The van der Waals surface area contributed by atoms with Gasteiger partial charge in [0.1, 0.15) is 17.1 Å². The van der Waals surface area contributed by atoms with Crippen molar-refractivity contribution in [3.05, 3.63) is 57.1 Å². The van der Waals surface area contributed by atoms with Crippen LogP contribution in [0.1, 0.15) is 40.7 Å². The molecule has 2 heterocycles. The van der Waals surface area contributed by atoms with Gasteiger partial charge in [-0.1, -0.05) is 23.2 Å². The molecule has 2 aromatic rings. The minimum absolute atomic E-state index is 0.0336. The van der Waals surface area contributed by atoms with Gasteiger partial charge in [-0.25, -0.2) is 0 Å². The first kappa shape index (κ1) is 21.0. The van der Waals surface area contributed by atoms with Crippen molar-refractivity contribution < 1.29 is 19.1 Å². The second kappa shape index (κ2) is 8.12. The molecule has 0 aromatic heterocycles. The van der Waals surface area contributed by atoms with E-state index in [0.717, 1.165) is 11.1 Å². The third-order valence-corrected chi connectivity index (χ3v) is 6.77. The number of hydrogen-bond acceptors (Lipinski definition) is 4. The summed E-state index contributed by atoms with van der Waals surface area (Å²) in [7, 11) is 0. The number of ether oxygens (including phenoxy) is 2. The zero-order valence-corrected chi connectivity index (χ0v) is 18.5. The van der Waals surface area contributed by atoms with Crippen LogP contribution in [0.15, 0.2) is 30.3 Å². The average molecular weight is 448 g/mol. The van der Waals surface area contributed by atoms with Gasteiger partial charge in [0.15, 0.2) is 12.4 Å². The van der Waals surface area contributed by atoms with Gasteiger partial charge in [-0.05, 0) is 55.3 Å². The summed E-state index contributed by atoms with van der Waals surface area (Å²) in [5, 5.41) is 1.23. The van der Waals surface area contributed by atoms with Crippen LogP contribution in [-0.2, 0) is 4.79 Å². The van der Waals surface area contributed by atoms with E-state index >= 15 is 0 Å². The highest BCUT2D eigenvalue weighted by Crippen LogP contribution is 2.43. The first-order valence-electron chi connectivity index (χ1n) is 9.96. The number of hydrogen-bond donors (Lipinski definition) is 0. The van der Waals surface area contributed by atoms with Gasteiger partial charge in [-0.3, -0.25) is 9.59 Å². The Morgan fingerprint density at radius 2 is 1.83 bits per heavy atom. The molecule has 1 fully saturated rings. The molecule has 0 N–H and O–H groups in total. The zero-order chi connectivity index (χ0) is 21.5. The van der Waals surface area contributed by atoms with E-state index < -0.39 is 5.60 Å². The van der Waals surface area contributed by atoms with Crippen LogP contribution >= 0.6 is 23.2 Å².